The van der Waals surface area contributed by atoms with Crippen molar-refractivity contribution in [1.82, 2.24) is 20.2 Å². The first kappa shape index (κ1) is 14.3. The molecule has 8 nitrogen and oxygen atoms in total. The molecule has 1 aromatic rings. The lowest BCUT2D eigenvalue weighted by molar-refractivity contribution is -0.142. The molecule has 1 saturated heterocycles. The highest BCUT2D eigenvalue weighted by Gasteiger charge is 2.38. The minimum atomic E-state index is -0.942. The fourth-order valence-electron chi connectivity index (χ4n) is 2.16. The third-order valence-electron chi connectivity index (χ3n) is 3.38. The smallest absolute Gasteiger partial charge is 0.317 e. The summed E-state index contributed by atoms with van der Waals surface area (Å²) < 4.78 is 5.15. The normalized spacial score (nSPS) is 21.6. The number of hydrogen-bond acceptors (Lipinski definition) is 4. The standard InChI is InChI=1S/C12H18N4O4/c1-16(9-7-20-6-8(9)11(17)18)12(19)15-3-2-10-13-4-5-14-10/h4-5,8-9H,2-3,6-7H2,1H3,(H,13,14)(H,15,19)(H,17,18). The average molecular weight is 282 g/mol. The van der Waals surface area contributed by atoms with Crippen molar-refractivity contribution in [3.8, 4) is 0 Å². The highest BCUT2D eigenvalue weighted by molar-refractivity contribution is 5.77. The number of nitrogens with zero attached hydrogens (tertiary/aromatic N) is 2. The molecule has 0 bridgehead atoms. The van der Waals surface area contributed by atoms with Crippen molar-refractivity contribution in [1.29, 1.82) is 0 Å². The van der Waals surface area contributed by atoms with E-state index in [0.717, 1.165) is 5.82 Å². The summed E-state index contributed by atoms with van der Waals surface area (Å²) in [6.45, 7) is 0.824. The molecule has 1 aliphatic heterocycles. The Labute approximate surface area is 116 Å². The number of H-pyrrole nitrogens is 1. The maximum atomic E-state index is 12.0. The van der Waals surface area contributed by atoms with Gasteiger partial charge in [0.05, 0.1) is 19.3 Å². The van der Waals surface area contributed by atoms with E-state index in [9.17, 15) is 9.59 Å². The summed E-state index contributed by atoms with van der Waals surface area (Å²) in [7, 11) is 1.58. The number of aliphatic carboxylic acids is 1. The van der Waals surface area contributed by atoms with Crippen LogP contribution >= 0.6 is 0 Å². The van der Waals surface area contributed by atoms with E-state index in [0.29, 0.717) is 13.0 Å². The number of aromatic amines is 1. The Morgan fingerprint density at radius 3 is 3.05 bits per heavy atom. The molecule has 2 rings (SSSR count). The van der Waals surface area contributed by atoms with Gasteiger partial charge in [0, 0.05) is 32.4 Å². The van der Waals surface area contributed by atoms with Gasteiger partial charge in [0.1, 0.15) is 11.7 Å². The van der Waals surface area contributed by atoms with E-state index < -0.39 is 17.9 Å². The molecule has 0 aromatic carbocycles. The van der Waals surface area contributed by atoms with Gasteiger partial charge in [-0.1, -0.05) is 0 Å². The van der Waals surface area contributed by atoms with Crippen molar-refractivity contribution in [2.75, 3.05) is 26.8 Å². The van der Waals surface area contributed by atoms with E-state index in [1.807, 2.05) is 0 Å². The van der Waals surface area contributed by atoms with Crippen LogP contribution in [0.1, 0.15) is 5.82 Å². The van der Waals surface area contributed by atoms with Crippen LogP contribution in [0.4, 0.5) is 4.79 Å². The minimum absolute atomic E-state index is 0.143. The number of aromatic nitrogens is 2. The predicted molar refractivity (Wildman–Crippen MR) is 69.2 cm³/mol. The third kappa shape index (κ3) is 3.27. The maximum absolute atomic E-state index is 12.0. The first-order valence-electron chi connectivity index (χ1n) is 6.39. The minimum Gasteiger partial charge on any atom is -0.481 e. The molecule has 8 heteroatoms. The molecule has 0 aliphatic carbocycles. The van der Waals surface area contributed by atoms with Crippen molar-refractivity contribution in [2.45, 2.75) is 12.5 Å². The van der Waals surface area contributed by atoms with E-state index in [1.54, 1.807) is 19.4 Å². The van der Waals surface area contributed by atoms with Gasteiger partial charge in [0.15, 0.2) is 0 Å². The molecule has 1 aliphatic rings. The Bertz CT molecular complexity index is 462. The zero-order valence-electron chi connectivity index (χ0n) is 11.2. The lowest BCUT2D eigenvalue weighted by atomic mass is 10.0. The summed E-state index contributed by atoms with van der Waals surface area (Å²) in [4.78, 5) is 31.4. The summed E-state index contributed by atoms with van der Waals surface area (Å²) in [5.74, 6) is -0.820. The molecule has 20 heavy (non-hydrogen) atoms. The van der Waals surface area contributed by atoms with Crippen LogP contribution in [0.15, 0.2) is 12.4 Å². The Morgan fingerprint density at radius 1 is 1.60 bits per heavy atom. The number of imidazole rings is 1. The summed E-state index contributed by atoms with van der Waals surface area (Å²) >= 11 is 0. The van der Waals surface area contributed by atoms with Crippen molar-refractivity contribution in [3.05, 3.63) is 18.2 Å². The van der Waals surface area contributed by atoms with Crippen LogP contribution in [0.5, 0.6) is 0 Å². The lowest BCUT2D eigenvalue weighted by Crippen LogP contribution is -2.48. The van der Waals surface area contributed by atoms with Crippen LogP contribution in [-0.2, 0) is 16.0 Å². The second-order valence-electron chi connectivity index (χ2n) is 4.68. The number of carbonyl (C=O) groups excluding carboxylic acids is 1. The second-order valence-corrected chi connectivity index (χ2v) is 4.68. The molecule has 2 unspecified atom stereocenters. The number of rotatable bonds is 5. The van der Waals surface area contributed by atoms with Gasteiger partial charge < -0.3 is 25.0 Å². The maximum Gasteiger partial charge on any atom is 0.317 e. The topological polar surface area (TPSA) is 108 Å². The monoisotopic (exact) mass is 282 g/mol. The van der Waals surface area contributed by atoms with Gasteiger partial charge in [0.25, 0.3) is 0 Å². The van der Waals surface area contributed by atoms with Gasteiger partial charge in [-0.3, -0.25) is 4.79 Å². The van der Waals surface area contributed by atoms with Crippen LogP contribution < -0.4 is 5.32 Å². The highest BCUT2D eigenvalue weighted by Crippen LogP contribution is 2.18. The van der Waals surface area contributed by atoms with E-state index in [1.165, 1.54) is 4.90 Å². The summed E-state index contributed by atoms with van der Waals surface area (Å²) in [6, 6.07) is -0.741. The molecule has 1 fully saturated rings. The van der Waals surface area contributed by atoms with Gasteiger partial charge in [-0.2, -0.15) is 0 Å². The van der Waals surface area contributed by atoms with E-state index in [2.05, 4.69) is 15.3 Å². The number of likely N-dealkylation sites (N-methyl/N-ethyl adjacent to an activating group) is 1. The van der Waals surface area contributed by atoms with Gasteiger partial charge >= 0.3 is 12.0 Å². The fourth-order valence-corrected chi connectivity index (χ4v) is 2.16. The van der Waals surface area contributed by atoms with Crippen LogP contribution in [-0.4, -0.2) is 64.8 Å². The molecule has 0 spiro atoms. The van der Waals surface area contributed by atoms with Crippen molar-refractivity contribution in [2.24, 2.45) is 5.92 Å². The molecule has 2 atom stereocenters. The zero-order chi connectivity index (χ0) is 14.5. The number of amides is 2. The van der Waals surface area contributed by atoms with Gasteiger partial charge in [-0.25, -0.2) is 9.78 Å². The molecule has 2 amide bonds. The fraction of sp³-hybridized carbons (Fsp3) is 0.583. The Balaban J connectivity index is 1.80. The third-order valence-corrected chi connectivity index (χ3v) is 3.38. The summed E-state index contributed by atoms with van der Waals surface area (Å²) in [6.07, 6.45) is 3.96. The van der Waals surface area contributed by atoms with Crippen molar-refractivity contribution in [3.63, 3.8) is 0 Å². The summed E-state index contributed by atoms with van der Waals surface area (Å²) in [5, 5.41) is 11.8. The van der Waals surface area contributed by atoms with Gasteiger partial charge in [-0.05, 0) is 0 Å². The molecule has 2 heterocycles. The number of nitrogens with one attached hydrogen (secondary N) is 2. The second kappa shape index (κ2) is 6.38. The number of carboxylic acid groups (broad SMARTS) is 1. The molecule has 0 radical (unpaired) electrons. The first-order chi connectivity index (χ1) is 9.59. The largest absolute Gasteiger partial charge is 0.481 e. The summed E-state index contributed by atoms with van der Waals surface area (Å²) in [5.41, 5.74) is 0. The SMILES string of the molecule is CN(C(=O)NCCc1ncc[nH]1)C1COCC1C(=O)O. The van der Waals surface area contributed by atoms with Gasteiger partial charge in [0.2, 0.25) is 0 Å². The molecular weight excluding hydrogens is 264 g/mol. The number of urea groups is 1. The van der Waals surface area contributed by atoms with E-state index >= 15 is 0 Å². The van der Waals surface area contributed by atoms with Crippen LogP contribution in [0.2, 0.25) is 0 Å². The van der Waals surface area contributed by atoms with E-state index in [4.69, 9.17) is 9.84 Å². The molecule has 3 N–H and O–H groups in total. The Morgan fingerprint density at radius 2 is 2.40 bits per heavy atom. The number of ether oxygens (including phenoxy) is 1. The van der Waals surface area contributed by atoms with Crippen molar-refractivity contribution < 1.29 is 19.4 Å². The van der Waals surface area contributed by atoms with E-state index in [-0.39, 0.29) is 19.2 Å². The first-order valence-corrected chi connectivity index (χ1v) is 6.39. The van der Waals surface area contributed by atoms with Crippen LogP contribution in [0.3, 0.4) is 0 Å². The quantitative estimate of drug-likeness (QED) is 0.687. The highest BCUT2D eigenvalue weighted by atomic mass is 16.5. The average Bonchev–Trinajstić information content (AvgIpc) is 3.08. The number of carboxylic acids is 1. The predicted octanol–water partition coefficient (Wildman–Crippen LogP) is -0.307. The van der Waals surface area contributed by atoms with Crippen LogP contribution in [0.25, 0.3) is 0 Å². The molecule has 0 saturated carbocycles. The lowest BCUT2D eigenvalue weighted by Gasteiger charge is -2.26. The van der Waals surface area contributed by atoms with Crippen LogP contribution in [0, 0.1) is 5.92 Å². The molecular formula is C12H18N4O4. The van der Waals surface area contributed by atoms with Gasteiger partial charge in [-0.15, -0.1) is 0 Å². The Hall–Kier alpha value is -2.09. The molecule has 110 valence electrons. The number of hydrogen-bond donors (Lipinski definition) is 3. The number of carbonyl (C=O) groups is 2. The van der Waals surface area contributed by atoms with Crippen molar-refractivity contribution >= 4 is 12.0 Å². The molecule has 1 aromatic heterocycles. The zero-order valence-corrected chi connectivity index (χ0v) is 11.2. The Kier molecular flexibility index (Phi) is 4.57.